The number of rotatable bonds is 9. The van der Waals surface area contributed by atoms with Crippen molar-refractivity contribution in [1.82, 2.24) is 10.0 Å². The summed E-state index contributed by atoms with van der Waals surface area (Å²) >= 11 is 0. The fraction of sp³-hybridized carbons (Fsp3) is 0.538. The van der Waals surface area contributed by atoms with Crippen LogP contribution in [0.5, 0.6) is 11.5 Å². The summed E-state index contributed by atoms with van der Waals surface area (Å²) in [6.45, 7) is 3.32. The van der Waals surface area contributed by atoms with Gasteiger partial charge in [-0.1, -0.05) is 13.0 Å². The van der Waals surface area contributed by atoms with E-state index in [9.17, 15) is 8.42 Å². The molecule has 0 spiro atoms. The van der Waals surface area contributed by atoms with Crippen LogP contribution in [-0.4, -0.2) is 41.5 Å². The summed E-state index contributed by atoms with van der Waals surface area (Å²) in [6, 6.07) is 5.28. The van der Waals surface area contributed by atoms with E-state index in [1.807, 2.05) is 6.92 Å². The SMILES string of the molecule is CCNCCS(=O)(=O)NCc1ccc(OC)cc1OC. The van der Waals surface area contributed by atoms with Crippen LogP contribution in [0.4, 0.5) is 0 Å². The maximum Gasteiger partial charge on any atom is 0.213 e. The predicted octanol–water partition coefficient (Wildman–Crippen LogP) is 0.733. The fourth-order valence-corrected chi connectivity index (χ4v) is 2.57. The number of benzene rings is 1. The Kier molecular flexibility index (Phi) is 6.77. The van der Waals surface area contributed by atoms with Crippen molar-refractivity contribution in [2.75, 3.05) is 33.1 Å². The third-order valence-corrected chi connectivity index (χ3v) is 4.10. The summed E-state index contributed by atoms with van der Waals surface area (Å²) in [7, 11) is -0.185. The first-order valence-corrected chi connectivity index (χ1v) is 8.06. The molecular formula is C13H22N2O4S. The van der Waals surface area contributed by atoms with Gasteiger partial charge in [-0.05, 0) is 12.6 Å². The Balaban J connectivity index is 2.65. The summed E-state index contributed by atoms with van der Waals surface area (Å²) in [4.78, 5) is 0. The molecule has 0 atom stereocenters. The molecule has 0 radical (unpaired) electrons. The molecule has 114 valence electrons. The van der Waals surface area contributed by atoms with Crippen LogP contribution >= 0.6 is 0 Å². The van der Waals surface area contributed by atoms with E-state index in [4.69, 9.17) is 9.47 Å². The molecule has 0 saturated carbocycles. The molecule has 20 heavy (non-hydrogen) atoms. The van der Waals surface area contributed by atoms with Crippen LogP contribution in [0.3, 0.4) is 0 Å². The number of hydrogen-bond donors (Lipinski definition) is 2. The summed E-state index contributed by atoms with van der Waals surface area (Å²) in [5.41, 5.74) is 0.764. The van der Waals surface area contributed by atoms with E-state index in [1.165, 1.54) is 7.11 Å². The molecule has 0 bridgehead atoms. The molecule has 0 aliphatic heterocycles. The zero-order chi connectivity index (χ0) is 15.0. The van der Waals surface area contributed by atoms with Crippen LogP contribution in [0, 0.1) is 0 Å². The first kappa shape index (κ1) is 16.7. The number of hydrogen-bond acceptors (Lipinski definition) is 5. The van der Waals surface area contributed by atoms with Crippen molar-refractivity contribution < 1.29 is 17.9 Å². The molecule has 0 aliphatic rings. The Morgan fingerprint density at radius 3 is 2.55 bits per heavy atom. The Labute approximate surface area is 120 Å². The quantitative estimate of drug-likeness (QED) is 0.658. The smallest absolute Gasteiger partial charge is 0.213 e. The van der Waals surface area contributed by atoms with Crippen molar-refractivity contribution in [3.63, 3.8) is 0 Å². The van der Waals surface area contributed by atoms with E-state index in [-0.39, 0.29) is 12.3 Å². The monoisotopic (exact) mass is 302 g/mol. The molecule has 7 heteroatoms. The van der Waals surface area contributed by atoms with Crippen LogP contribution < -0.4 is 19.5 Å². The highest BCUT2D eigenvalue weighted by atomic mass is 32.2. The van der Waals surface area contributed by atoms with E-state index in [0.29, 0.717) is 18.0 Å². The van der Waals surface area contributed by atoms with Gasteiger partial charge < -0.3 is 14.8 Å². The molecule has 1 aromatic carbocycles. The molecule has 0 aromatic heterocycles. The van der Waals surface area contributed by atoms with Crippen molar-refractivity contribution >= 4 is 10.0 Å². The van der Waals surface area contributed by atoms with Crippen LogP contribution in [0.1, 0.15) is 12.5 Å². The van der Waals surface area contributed by atoms with Crippen molar-refractivity contribution in [3.05, 3.63) is 23.8 Å². The topological polar surface area (TPSA) is 76.7 Å². The minimum Gasteiger partial charge on any atom is -0.497 e. The lowest BCUT2D eigenvalue weighted by Gasteiger charge is -2.11. The summed E-state index contributed by atoms with van der Waals surface area (Å²) in [5, 5.41) is 2.98. The number of nitrogens with one attached hydrogen (secondary N) is 2. The van der Waals surface area contributed by atoms with Gasteiger partial charge in [-0.2, -0.15) is 0 Å². The molecule has 1 aromatic rings. The van der Waals surface area contributed by atoms with Crippen LogP contribution in [0.25, 0.3) is 0 Å². The van der Waals surface area contributed by atoms with Gasteiger partial charge in [-0.3, -0.25) is 0 Å². The third kappa shape index (κ3) is 5.36. The molecular weight excluding hydrogens is 280 g/mol. The maximum absolute atomic E-state index is 11.8. The predicted molar refractivity (Wildman–Crippen MR) is 78.7 cm³/mol. The molecule has 6 nitrogen and oxygen atoms in total. The van der Waals surface area contributed by atoms with Crippen LogP contribution in [0.2, 0.25) is 0 Å². The van der Waals surface area contributed by atoms with E-state index < -0.39 is 10.0 Å². The zero-order valence-corrected chi connectivity index (χ0v) is 12.9. The lowest BCUT2D eigenvalue weighted by Crippen LogP contribution is -2.31. The Morgan fingerprint density at radius 1 is 1.20 bits per heavy atom. The second-order valence-corrected chi connectivity index (χ2v) is 6.10. The highest BCUT2D eigenvalue weighted by Gasteiger charge is 2.11. The Morgan fingerprint density at radius 2 is 1.95 bits per heavy atom. The molecule has 0 amide bonds. The molecule has 2 N–H and O–H groups in total. The van der Waals surface area contributed by atoms with Gasteiger partial charge in [0, 0.05) is 24.7 Å². The standard InChI is InChI=1S/C13H22N2O4S/c1-4-14-7-8-20(16,17)15-10-11-5-6-12(18-2)9-13(11)19-3/h5-6,9,14-15H,4,7-8,10H2,1-3H3. The molecule has 0 saturated heterocycles. The molecule has 0 unspecified atom stereocenters. The highest BCUT2D eigenvalue weighted by Crippen LogP contribution is 2.24. The summed E-state index contributed by atoms with van der Waals surface area (Å²) < 4.78 is 36.4. The Bertz CT molecular complexity index is 517. The van der Waals surface area contributed by atoms with E-state index in [2.05, 4.69) is 10.0 Å². The lowest BCUT2D eigenvalue weighted by atomic mass is 10.2. The third-order valence-electron chi connectivity index (χ3n) is 2.77. The van der Waals surface area contributed by atoms with Gasteiger partial charge in [0.05, 0.1) is 20.0 Å². The van der Waals surface area contributed by atoms with Crippen molar-refractivity contribution in [3.8, 4) is 11.5 Å². The minimum absolute atomic E-state index is 0.0549. The van der Waals surface area contributed by atoms with Crippen LogP contribution in [0.15, 0.2) is 18.2 Å². The van der Waals surface area contributed by atoms with Crippen molar-refractivity contribution in [2.45, 2.75) is 13.5 Å². The Hall–Kier alpha value is -1.31. The molecule has 0 heterocycles. The van der Waals surface area contributed by atoms with E-state index in [1.54, 1.807) is 25.3 Å². The second kappa shape index (κ2) is 8.08. The number of sulfonamides is 1. The molecule has 0 aliphatic carbocycles. The van der Waals surface area contributed by atoms with E-state index in [0.717, 1.165) is 12.1 Å². The summed E-state index contributed by atoms with van der Waals surface area (Å²) in [6.07, 6.45) is 0. The maximum atomic E-state index is 11.8. The second-order valence-electron chi connectivity index (χ2n) is 4.17. The van der Waals surface area contributed by atoms with Gasteiger partial charge in [0.2, 0.25) is 10.0 Å². The zero-order valence-electron chi connectivity index (χ0n) is 12.1. The lowest BCUT2D eigenvalue weighted by molar-refractivity contribution is 0.390. The summed E-state index contributed by atoms with van der Waals surface area (Å²) in [5.74, 6) is 1.32. The van der Waals surface area contributed by atoms with Gasteiger partial charge in [0.15, 0.2) is 0 Å². The normalized spacial score (nSPS) is 11.3. The first-order chi connectivity index (χ1) is 9.52. The van der Waals surface area contributed by atoms with Crippen LogP contribution in [-0.2, 0) is 16.6 Å². The minimum atomic E-state index is -3.29. The van der Waals surface area contributed by atoms with Gasteiger partial charge in [-0.25, -0.2) is 13.1 Å². The van der Waals surface area contributed by atoms with Gasteiger partial charge in [0.25, 0.3) is 0 Å². The van der Waals surface area contributed by atoms with Gasteiger partial charge in [-0.15, -0.1) is 0 Å². The van der Waals surface area contributed by atoms with Crippen molar-refractivity contribution in [1.29, 1.82) is 0 Å². The average Bonchev–Trinajstić information content (AvgIpc) is 2.45. The number of ether oxygens (including phenoxy) is 2. The number of methoxy groups -OCH3 is 2. The van der Waals surface area contributed by atoms with Crippen molar-refractivity contribution in [2.24, 2.45) is 0 Å². The fourth-order valence-electron chi connectivity index (χ4n) is 1.64. The first-order valence-electron chi connectivity index (χ1n) is 6.41. The molecule has 1 rings (SSSR count). The largest absolute Gasteiger partial charge is 0.497 e. The van der Waals surface area contributed by atoms with Gasteiger partial charge >= 0.3 is 0 Å². The average molecular weight is 302 g/mol. The van der Waals surface area contributed by atoms with Gasteiger partial charge in [0.1, 0.15) is 11.5 Å². The van der Waals surface area contributed by atoms with E-state index >= 15 is 0 Å². The molecule has 0 fully saturated rings. The highest BCUT2D eigenvalue weighted by molar-refractivity contribution is 7.89.